The molecule has 1 aliphatic rings. The third kappa shape index (κ3) is 2.98. The maximum absolute atomic E-state index is 10.8. The minimum absolute atomic E-state index is 0.0953. The number of benzene rings is 1. The van der Waals surface area contributed by atoms with Crippen molar-refractivity contribution >= 4 is 12.2 Å². The van der Waals surface area contributed by atoms with Crippen LogP contribution >= 0.6 is 0 Å². The SMILES string of the molecule is COc1cc(OCC2CC2(C)OC=O)cc([N+](=O)[O-])c1. The Labute approximate surface area is 115 Å². The van der Waals surface area contributed by atoms with Crippen molar-refractivity contribution in [3.8, 4) is 11.5 Å². The molecule has 1 saturated carbocycles. The van der Waals surface area contributed by atoms with E-state index in [1.54, 1.807) is 6.07 Å². The molecule has 0 amide bonds. The van der Waals surface area contributed by atoms with Crippen LogP contribution in [0.5, 0.6) is 11.5 Å². The first kappa shape index (κ1) is 14.1. The molecule has 7 heteroatoms. The first-order valence-corrected chi connectivity index (χ1v) is 6.06. The lowest BCUT2D eigenvalue weighted by molar-refractivity contribution is -0.385. The minimum Gasteiger partial charge on any atom is -0.496 e. The fourth-order valence-corrected chi connectivity index (χ4v) is 1.98. The lowest BCUT2D eigenvalue weighted by Gasteiger charge is -2.11. The van der Waals surface area contributed by atoms with Crippen LogP contribution in [0.3, 0.4) is 0 Å². The van der Waals surface area contributed by atoms with Gasteiger partial charge in [-0.25, -0.2) is 0 Å². The van der Waals surface area contributed by atoms with Crippen molar-refractivity contribution in [2.45, 2.75) is 18.9 Å². The molecule has 108 valence electrons. The van der Waals surface area contributed by atoms with Crippen LogP contribution in [0.25, 0.3) is 0 Å². The summed E-state index contributed by atoms with van der Waals surface area (Å²) in [7, 11) is 1.43. The summed E-state index contributed by atoms with van der Waals surface area (Å²) in [6.07, 6.45) is 0.720. The van der Waals surface area contributed by atoms with Gasteiger partial charge in [0.2, 0.25) is 0 Å². The molecule has 1 fully saturated rings. The summed E-state index contributed by atoms with van der Waals surface area (Å²) in [6, 6.07) is 4.24. The van der Waals surface area contributed by atoms with E-state index in [-0.39, 0.29) is 11.6 Å². The van der Waals surface area contributed by atoms with Crippen LogP contribution in [0.4, 0.5) is 5.69 Å². The van der Waals surface area contributed by atoms with Crippen molar-refractivity contribution in [3.63, 3.8) is 0 Å². The number of nitro groups is 1. The number of hydrogen-bond donors (Lipinski definition) is 0. The smallest absolute Gasteiger partial charge is 0.293 e. The van der Waals surface area contributed by atoms with Crippen molar-refractivity contribution in [2.75, 3.05) is 13.7 Å². The van der Waals surface area contributed by atoms with Gasteiger partial charge in [0.05, 0.1) is 30.8 Å². The van der Waals surface area contributed by atoms with E-state index in [9.17, 15) is 14.9 Å². The molecule has 20 heavy (non-hydrogen) atoms. The van der Waals surface area contributed by atoms with Gasteiger partial charge < -0.3 is 14.2 Å². The average Bonchev–Trinajstić information content (AvgIpc) is 3.06. The zero-order chi connectivity index (χ0) is 14.8. The number of nitro benzene ring substituents is 1. The molecule has 0 N–H and O–H groups in total. The molecule has 1 aromatic rings. The first-order valence-electron chi connectivity index (χ1n) is 6.06. The number of carbonyl (C=O) groups is 1. The van der Waals surface area contributed by atoms with Gasteiger partial charge in [-0.3, -0.25) is 14.9 Å². The lowest BCUT2D eigenvalue weighted by atomic mass is 10.2. The third-order valence-corrected chi connectivity index (χ3v) is 3.44. The van der Waals surface area contributed by atoms with E-state index in [0.29, 0.717) is 24.6 Å². The summed E-state index contributed by atoms with van der Waals surface area (Å²) in [4.78, 5) is 20.6. The molecule has 2 unspecified atom stereocenters. The lowest BCUT2D eigenvalue weighted by Crippen LogP contribution is -2.15. The molecule has 2 atom stereocenters. The number of nitrogens with zero attached hydrogens (tertiary/aromatic N) is 1. The van der Waals surface area contributed by atoms with Gasteiger partial charge in [-0.1, -0.05) is 0 Å². The van der Waals surface area contributed by atoms with Crippen LogP contribution in [-0.4, -0.2) is 30.7 Å². The van der Waals surface area contributed by atoms with Gasteiger partial charge in [-0.2, -0.15) is 0 Å². The van der Waals surface area contributed by atoms with E-state index in [1.807, 2.05) is 6.92 Å². The number of methoxy groups -OCH3 is 1. The van der Waals surface area contributed by atoms with Gasteiger partial charge in [-0.05, 0) is 13.3 Å². The molecular weight excluding hydrogens is 266 g/mol. The van der Waals surface area contributed by atoms with Crippen molar-refractivity contribution in [3.05, 3.63) is 28.3 Å². The number of rotatable bonds is 7. The second kappa shape index (κ2) is 5.36. The maximum Gasteiger partial charge on any atom is 0.293 e. The Hall–Kier alpha value is -2.31. The molecule has 0 bridgehead atoms. The van der Waals surface area contributed by atoms with Crippen LogP contribution in [0.1, 0.15) is 13.3 Å². The van der Waals surface area contributed by atoms with Gasteiger partial charge in [0.15, 0.2) is 0 Å². The summed E-state index contributed by atoms with van der Waals surface area (Å²) in [5.74, 6) is 0.811. The van der Waals surface area contributed by atoms with Crippen LogP contribution in [0.2, 0.25) is 0 Å². The van der Waals surface area contributed by atoms with Gasteiger partial charge in [-0.15, -0.1) is 0 Å². The highest BCUT2D eigenvalue weighted by Gasteiger charge is 2.53. The number of carbonyl (C=O) groups excluding carboxylic acids is 1. The zero-order valence-electron chi connectivity index (χ0n) is 11.2. The van der Waals surface area contributed by atoms with Crippen LogP contribution in [0.15, 0.2) is 18.2 Å². The molecular formula is C13H15NO6. The molecule has 7 nitrogen and oxygen atoms in total. The highest BCUT2D eigenvalue weighted by atomic mass is 16.6. The Morgan fingerprint density at radius 3 is 2.75 bits per heavy atom. The Balaban J connectivity index is 2.01. The van der Waals surface area contributed by atoms with Gasteiger partial charge in [0.1, 0.15) is 17.1 Å². The Kier molecular flexibility index (Phi) is 3.78. The van der Waals surface area contributed by atoms with E-state index in [4.69, 9.17) is 14.2 Å². The number of non-ortho nitro benzene ring substituents is 1. The monoisotopic (exact) mass is 281 g/mol. The van der Waals surface area contributed by atoms with E-state index in [2.05, 4.69) is 0 Å². The molecule has 0 heterocycles. The zero-order valence-corrected chi connectivity index (χ0v) is 11.2. The van der Waals surface area contributed by atoms with E-state index >= 15 is 0 Å². The standard InChI is InChI=1S/C13H15NO6/c1-13(20-8-15)6-9(13)7-19-12-4-10(14(16)17)3-11(5-12)18-2/h3-5,8-9H,6-7H2,1-2H3. The van der Waals surface area contributed by atoms with Gasteiger partial charge in [0, 0.05) is 12.0 Å². The van der Waals surface area contributed by atoms with E-state index < -0.39 is 10.5 Å². The number of ether oxygens (including phenoxy) is 3. The molecule has 1 aromatic carbocycles. The van der Waals surface area contributed by atoms with Gasteiger partial charge in [0.25, 0.3) is 12.2 Å². The molecule has 1 aliphatic carbocycles. The molecule has 2 rings (SSSR count). The summed E-state index contributed by atoms with van der Waals surface area (Å²) in [6.45, 7) is 2.58. The minimum atomic E-state index is -0.508. The molecule has 0 radical (unpaired) electrons. The Morgan fingerprint density at radius 1 is 1.45 bits per heavy atom. The summed E-state index contributed by atoms with van der Waals surface area (Å²) < 4.78 is 15.5. The average molecular weight is 281 g/mol. The normalized spacial score (nSPS) is 23.8. The molecule has 0 aromatic heterocycles. The fraction of sp³-hybridized carbons (Fsp3) is 0.462. The van der Waals surface area contributed by atoms with E-state index in [0.717, 1.165) is 6.42 Å². The summed E-state index contributed by atoms with van der Waals surface area (Å²) in [5, 5.41) is 10.8. The van der Waals surface area contributed by atoms with Crippen LogP contribution in [-0.2, 0) is 9.53 Å². The largest absolute Gasteiger partial charge is 0.496 e. The molecule has 0 aliphatic heterocycles. The van der Waals surface area contributed by atoms with Crippen molar-refractivity contribution in [1.29, 1.82) is 0 Å². The van der Waals surface area contributed by atoms with E-state index in [1.165, 1.54) is 19.2 Å². The topological polar surface area (TPSA) is 87.9 Å². The van der Waals surface area contributed by atoms with Gasteiger partial charge >= 0.3 is 0 Å². The maximum atomic E-state index is 10.8. The van der Waals surface area contributed by atoms with Crippen LogP contribution < -0.4 is 9.47 Å². The highest BCUT2D eigenvalue weighted by molar-refractivity contribution is 5.46. The Bertz CT molecular complexity index is 532. The third-order valence-electron chi connectivity index (χ3n) is 3.44. The van der Waals surface area contributed by atoms with Crippen molar-refractivity contribution < 1.29 is 23.9 Å². The molecule has 0 spiro atoms. The molecule has 0 saturated heterocycles. The highest BCUT2D eigenvalue weighted by Crippen LogP contribution is 2.46. The second-order valence-electron chi connectivity index (χ2n) is 4.86. The first-order chi connectivity index (χ1) is 9.48. The second-order valence-corrected chi connectivity index (χ2v) is 4.86. The van der Waals surface area contributed by atoms with Crippen molar-refractivity contribution in [2.24, 2.45) is 5.92 Å². The summed E-state index contributed by atoms with van der Waals surface area (Å²) >= 11 is 0. The predicted octanol–water partition coefficient (Wildman–Crippen LogP) is 1.93. The Morgan fingerprint density at radius 2 is 2.15 bits per heavy atom. The van der Waals surface area contributed by atoms with Crippen molar-refractivity contribution in [1.82, 2.24) is 0 Å². The quantitative estimate of drug-likeness (QED) is 0.431. The predicted molar refractivity (Wildman–Crippen MR) is 68.8 cm³/mol. The summed E-state index contributed by atoms with van der Waals surface area (Å²) in [5.41, 5.74) is -0.575. The number of hydrogen-bond acceptors (Lipinski definition) is 6. The van der Waals surface area contributed by atoms with Crippen LogP contribution in [0, 0.1) is 16.0 Å². The fourth-order valence-electron chi connectivity index (χ4n) is 1.98.